The summed E-state index contributed by atoms with van der Waals surface area (Å²) in [4.78, 5) is 20.4. The number of rotatable bonds is 5. The van der Waals surface area contributed by atoms with Crippen molar-refractivity contribution in [1.82, 2.24) is 9.88 Å². The van der Waals surface area contributed by atoms with Gasteiger partial charge in [-0.05, 0) is 54.5 Å². The molecule has 0 atom stereocenters. The molecule has 1 amide bonds. The Hall–Kier alpha value is -1.84. The van der Waals surface area contributed by atoms with E-state index in [1.54, 1.807) is 44.9 Å². The van der Waals surface area contributed by atoms with E-state index in [9.17, 15) is 14.9 Å². The molecule has 1 saturated heterocycles. The molecule has 8 nitrogen and oxygen atoms in total. The molecule has 0 aliphatic carbocycles. The number of carbonyl (C=O) groups excluding carboxylic acids is 1. The SMILES string of the molecule is CC(C)(C)OC(=O)N1CCN(c2ccc(B(O)OC(C)(C)C(C)(C)O)cn2)CC1. The van der Waals surface area contributed by atoms with Crippen molar-refractivity contribution in [3.8, 4) is 0 Å². The maximum Gasteiger partial charge on any atom is 0.493 e. The molecule has 0 saturated carbocycles. The highest BCUT2D eigenvalue weighted by Gasteiger charge is 2.39. The van der Waals surface area contributed by atoms with E-state index in [4.69, 9.17) is 9.39 Å². The van der Waals surface area contributed by atoms with Crippen molar-refractivity contribution in [3.05, 3.63) is 18.3 Å². The molecule has 9 heteroatoms. The van der Waals surface area contributed by atoms with Crippen molar-refractivity contribution < 1.29 is 24.3 Å². The van der Waals surface area contributed by atoms with E-state index in [0.717, 1.165) is 5.82 Å². The first-order valence-corrected chi connectivity index (χ1v) is 9.97. The molecular weight excluding hydrogens is 373 g/mol. The van der Waals surface area contributed by atoms with Gasteiger partial charge in [-0.3, -0.25) is 0 Å². The summed E-state index contributed by atoms with van der Waals surface area (Å²) in [5.74, 6) is 0.770. The van der Waals surface area contributed by atoms with Crippen molar-refractivity contribution in [2.75, 3.05) is 31.1 Å². The summed E-state index contributed by atoms with van der Waals surface area (Å²) in [7, 11) is -1.19. The summed E-state index contributed by atoms with van der Waals surface area (Å²) in [6.45, 7) is 14.7. The van der Waals surface area contributed by atoms with Gasteiger partial charge in [0, 0.05) is 37.8 Å². The van der Waals surface area contributed by atoms with Crippen molar-refractivity contribution >= 4 is 24.5 Å². The molecule has 0 aromatic carbocycles. The molecule has 1 aliphatic heterocycles. The highest BCUT2D eigenvalue weighted by atomic mass is 16.6. The zero-order valence-electron chi connectivity index (χ0n) is 18.6. The van der Waals surface area contributed by atoms with Gasteiger partial charge in [0.05, 0.1) is 11.2 Å². The average Bonchev–Trinajstić information content (AvgIpc) is 2.59. The first kappa shape index (κ1) is 23.4. The monoisotopic (exact) mass is 407 g/mol. The number of hydrogen-bond acceptors (Lipinski definition) is 7. The second kappa shape index (κ2) is 8.49. The number of amides is 1. The molecule has 1 aliphatic rings. The maximum absolute atomic E-state index is 12.2. The molecule has 0 unspecified atom stereocenters. The zero-order chi connectivity index (χ0) is 22.0. The van der Waals surface area contributed by atoms with Gasteiger partial charge in [-0.15, -0.1) is 0 Å². The number of pyridine rings is 1. The minimum atomic E-state index is -1.19. The Kier molecular flexibility index (Phi) is 6.87. The lowest BCUT2D eigenvalue weighted by atomic mass is 9.77. The van der Waals surface area contributed by atoms with Crippen molar-refractivity contribution in [3.63, 3.8) is 0 Å². The van der Waals surface area contributed by atoms with Crippen LogP contribution in [-0.4, -0.2) is 76.2 Å². The van der Waals surface area contributed by atoms with E-state index in [2.05, 4.69) is 9.88 Å². The Morgan fingerprint density at radius 3 is 2.10 bits per heavy atom. The van der Waals surface area contributed by atoms with Crippen LogP contribution in [0.1, 0.15) is 48.5 Å². The van der Waals surface area contributed by atoms with Crippen LogP contribution in [0, 0.1) is 0 Å². The Balaban J connectivity index is 1.94. The highest BCUT2D eigenvalue weighted by molar-refractivity contribution is 6.60. The molecule has 2 heterocycles. The summed E-state index contributed by atoms with van der Waals surface area (Å²) in [6, 6.07) is 3.58. The molecule has 0 radical (unpaired) electrons. The molecule has 2 N–H and O–H groups in total. The van der Waals surface area contributed by atoms with Crippen molar-refractivity contribution in [2.24, 2.45) is 0 Å². The Bertz CT molecular complexity index is 690. The number of anilines is 1. The summed E-state index contributed by atoms with van der Waals surface area (Å²) >= 11 is 0. The Morgan fingerprint density at radius 1 is 1.07 bits per heavy atom. The molecule has 2 rings (SSSR count). The van der Waals surface area contributed by atoms with Gasteiger partial charge >= 0.3 is 13.2 Å². The number of ether oxygens (including phenoxy) is 1. The lowest BCUT2D eigenvalue weighted by molar-refractivity contribution is -0.0982. The fourth-order valence-corrected chi connectivity index (χ4v) is 2.67. The Morgan fingerprint density at radius 2 is 1.66 bits per heavy atom. The van der Waals surface area contributed by atoms with Gasteiger partial charge in [-0.2, -0.15) is 0 Å². The molecule has 1 aromatic heterocycles. The molecule has 29 heavy (non-hydrogen) atoms. The fourth-order valence-electron chi connectivity index (χ4n) is 2.67. The first-order chi connectivity index (χ1) is 13.2. The van der Waals surface area contributed by atoms with E-state index in [0.29, 0.717) is 31.6 Å². The summed E-state index contributed by atoms with van der Waals surface area (Å²) in [6.07, 6.45) is 1.27. The lowest BCUT2D eigenvalue weighted by Crippen LogP contribution is -2.53. The van der Waals surface area contributed by atoms with Crippen LogP contribution in [-0.2, 0) is 9.39 Å². The predicted octanol–water partition coefficient (Wildman–Crippen LogP) is 1.39. The van der Waals surface area contributed by atoms with Gasteiger partial charge in [0.25, 0.3) is 0 Å². The number of carbonyl (C=O) groups is 1. The van der Waals surface area contributed by atoms with Crippen LogP contribution in [0.15, 0.2) is 18.3 Å². The number of piperazine rings is 1. The van der Waals surface area contributed by atoms with Crippen LogP contribution in [0.5, 0.6) is 0 Å². The average molecular weight is 407 g/mol. The largest absolute Gasteiger partial charge is 0.493 e. The molecular formula is C20H34BN3O5. The van der Waals surface area contributed by atoms with Crippen LogP contribution in [0.3, 0.4) is 0 Å². The lowest BCUT2D eigenvalue weighted by Gasteiger charge is -2.38. The van der Waals surface area contributed by atoms with Gasteiger partial charge in [0.2, 0.25) is 0 Å². The number of hydrogen-bond donors (Lipinski definition) is 2. The van der Waals surface area contributed by atoms with Gasteiger partial charge < -0.3 is 29.3 Å². The molecule has 0 spiro atoms. The third-order valence-electron chi connectivity index (χ3n) is 5.19. The van der Waals surface area contributed by atoms with E-state index >= 15 is 0 Å². The standard InChI is InChI=1S/C20H34BN3O5/c1-18(2,3)28-17(25)24-12-10-23(11-13-24)16-9-8-15(14-22-16)21(27)29-20(6,7)19(4,5)26/h8-9,14,26-27H,10-13H2,1-7H3. The maximum atomic E-state index is 12.2. The van der Waals surface area contributed by atoms with Crippen LogP contribution >= 0.6 is 0 Å². The van der Waals surface area contributed by atoms with Crippen LogP contribution in [0.25, 0.3) is 0 Å². The highest BCUT2D eigenvalue weighted by Crippen LogP contribution is 2.25. The van der Waals surface area contributed by atoms with Crippen molar-refractivity contribution in [2.45, 2.75) is 65.3 Å². The minimum absolute atomic E-state index is 0.296. The second-order valence-corrected chi connectivity index (χ2v) is 9.44. The molecule has 1 fully saturated rings. The minimum Gasteiger partial charge on any atom is -0.444 e. The van der Waals surface area contributed by atoms with Crippen LogP contribution < -0.4 is 10.4 Å². The first-order valence-electron chi connectivity index (χ1n) is 9.97. The number of aliphatic hydroxyl groups is 1. The van der Waals surface area contributed by atoms with Gasteiger partial charge in [0.15, 0.2) is 0 Å². The Labute approximate surface area is 174 Å². The summed E-state index contributed by atoms with van der Waals surface area (Å²) in [5.41, 5.74) is -2.05. The topological polar surface area (TPSA) is 95.4 Å². The van der Waals surface area contributed by atoms with E-state index in [1.807, 2.05) is 26.8 Å². The molecule has 162 valence electrons. The van der Waals surface area contributed by atoms with Crippen molar-refractivity contribution in [1.29, 1.82) is 0 Å². The normalized spacial score (nSPS) is 16.0. The number of nitrogens with zero attached hydrogens (tertiary/aromatic N) is 3. The second-order valence-electron chi connectivity index (χ2n) is 9.44. The van der Waals surface area contributed by atoms with Gasteiger partial charge in [0.1, 0.15) is 11.4 Å². The van der Waals surface area contributed by atoms with Crippen LogP contribution in [0.2, 0.25) is 0 Å². The molecule has 0 bridgehead atoms. The van der Waals surface area contributed by atoms with Crippen LogP contribution in [0.4, 0.5) is 10.6 Å². The van der Waals surface area contributed by atoms with Gasteiger partial charge in [-0.25, -0.2) is 9.78 Å². The molecule has 1 aromatic rings. The fraction of sp³-hybridized carbons (Fsp3) is 0.700. The van der Waals surface area contributed by atoms with E-state index in [-0.39, 0.29) is 6.09 Å². The van der Waals surface area contributed by atoms with E-state index in [1.165, 1.54) is 0 Å². The number of aromatic nitrogens is 1. The van der Waals surface area contributed by atoms with E-state index < -0.39 is 23.9 Å². The quantitative estimate of drug-likeness (QED) is 0.713. The third-order valence-corrected chi connectivity index (χ3v) is 5.19. The summed E-state index contributed by atoms with van der Waals surface area (Å²) in [5, 5.41) is 20.5. The predicted molar refractivity (Wildman–Crippen MR) is 113 cm³/mol. The zero-order valence-corrected chi connectivity index (χ0v) is 18.6. The summed E-state index contributed by atoms with van der Waals surface area (Å²) < 4.78 is 11.1. The smallest absolute Gasteiger partial charge is 0.444 e. The van der Waals surface area contributed by atoms with Gasteiger partial charge in [-0.1, -0.05) is 6.07 Å². The third kappa shape index (κ3) is 6.32.